The number of nitrogens with one attached hydrogen (secondary N) is 2. The Hall–Kier alpha value is -3.95. The van der Waals surface area contributed by atoms with Crippen LogP contribution in [0.2, 0.25) is 0 Å². The topological polar surface area (TPSA) is 113 Å². The number of hydrogen-bond acceptors (Lipinski definition) is 6. The SMILES string of the molecule is O=C(NO)c1ccc(Cn2cccc(C(=O)Nc3ccccc3N3CCOCC3)c2=O)cc1. The van der Waals surface area contributed by atoms with Gasteiger partial charge < -0.3 is 19.5 Å². The van der Waals surface area contributed by atoms with Gasteiger partial charge >= 0.3 is 0 Å². The number of anilines is 2. The quantitative estimate of drug-likeness (QED) is 0.393. The molecule has 3 aromatic rings. The van der Waals surface area contributed by atoms with Crippen LogP contribution in [0.25, 0.3) is 0 Å². The molecule has 1 fully saturated rings. The normalized spacial score (nSPS) is 13.4. The number of carbonyl (C=O) groups is 2. The smallest absolute Gasteiger partial charge is 0.274 e. The molecule has 3 N–H and O–H groups in total. The van der Waals surface area contributed by atoms with Crippen molar-refractivity contribution in [2.24, 2.45) is 0 Å². The van der Waals surface area contributed by atoms with Gasteiger partial charge in [0.15, 0.2) is 0 Å². The van der Waals surface area contributed by atoms with Gasteiger partial charge in [-0.1, -0.05) is 24.3 Å². The first-order valence-corrected chi connectivity index (χ1v) is 10.5. The minimum Gasteiger partial charge on any atom is -0.378 e. The second kappa shape index (κ2) is 10.1. The predicted molar refractivity (Wildman–Crippen MR) is 123 cm³/mol. The second-order valence-electron chi connectivity index (χ2n) is 7.56. The molecule has 0 radical (unpaired) electrons. The highest BCUT2D eigenvalue weighted by Gasteiger charge is 2.18. The lowest BCUT2D eigenvalue weighted by Gasteiger charge is -2.30. The van der Waals surface area contributed by atoms with E-state index in [1.165, 1.54) is 10.6 Å². The Morgan fingerprint density at radius 2 is 1.67 bits per heavy atom. The summed E-state index contributed by atoms with van der Waals surface area (Å²) in [6.45, 7) is 2.92. The summed E-state index contributed by atoms with van der Waals surface area (Å²) in [5.74, 6) is -1.10. The molecule has 0 spiro atoms. The molecule has 170 valence electrons. The molecule has 1 aliphatic rings. The summed E-state index contributed by atoms with van der Waals surface area (Å²) in [5.41, 5.74) is 3.77. The largest absolute Gasteiger partial charge is 0.378 e. The fourth-order valence-corrected chi connectivity index (χ4v) is 3.71. The van der Waals surface area contributed by atoms with E-state index >= 15 is 0 Å². The first-order chi connectivity index (χ1) is 16.1. The summed E-state index contributed by atoms with van der Waals surface area (Å²) in [6.07, 6.45) is 1.61. The Kier molecular flexibility index (Phi) is 6.82. The van der Waals surface area contributed by atoms with Gasteiger partial charge in [0.2, 0.25) is 0 Å². The lowest BCUT2D eigenvalue weighted by Crippen LogP contribution is -2.37. The summed E-state index contributed by atoms with van der Waals surface area (Å²) >= 11 is 0. The zero-order valence-electron chi connectivity index (χ0n) is 17.9. The molecule has 0 aliphatic carbocycles. The van der Waals surface area contributed by atoms with Crippen LogP contribution in [-0.2, 0) is 11.3 Å². The van der Waals surface area contributed by atoms with E-state index in [2.05, 4.69) is 10.2 Å². The molecule has 1 aromatic heterocycles. The molecule has 0 bridgehead atoms. The number of para-hydroxylation sites is 2. The number of carbonyl (C=O) groups excluding carboxylic acids is 2. The molecule has 4 rings (SSSR count). The Labute approximate surface area is 190 Å². The summed E-state index contributed by atoms with van der Waals surface area (Å²) in [6, 6.07) is 17.1. The van der Waals surface area contributed by atoms with Crippen LogP contribution >= 0.6 is 0 Å². The van der Waals surface area contributed by atoms with Crippen LogP contribution in [0.1, 0.15) is 26.3 Å². The molecule has 0 atom stereocenters. The number of hydroxylamine groups is 1. The van der Waals surface area contributed by atoms with Crippen molar-refractivity contribution in [3.63, 3.8) is 0 Å². The van der Waals surface area contributed by atoms with Gasteiger partial charge in [0.05, 0.1) is 31.1 Å². The number of benzene rings is 2. The Morgan fingerprint density at radius 1 is 0.939 bits per heavy atom. The average molecular weight is 448 g/mol. The Bertz CT molecular complexity index is 1200. The Morgan fingerprint density at radius 3 is 2.39 bits per heavy atom. The molecule has 2 heterocycles. The second-order valence-corrected chi connectivity index (χ2v) is 7.56. The number of ether oxygens (including phenoxy) is 1. The van der Waals surface area contributed by atoms with Gasteiger partial charge in [-0.25, -0.2) is 5.48 Å². The fourth-order valence-electron chi connectivity index (χ4n) is 3.71. The van der Waals surface area contributed by atoms with E-state index in [1.54, 1.807) is 42.0 Å². The van der Waals surface area contributed by atoms with Gasteiger partial charge in [0.25, 0.3) is 17.4 Å². The van der Waals surface area contributed by atoms with Crippen molar-refractivity contribution < 1.29 is 19.5 Å². The molecule has 1 aliphatic heterocycles. The maximum absolute atomic E-state index is 13.0. The van der Waals surface area contributed by atoms with Crippen LogP contribution in [0.5, 0.6) is 0 Å². The maximum atomic E-state index is 13.0. The van der Waals surface area contributed by atoms with Crippen LogP contribution in [0.3, 0.4) is 0 Å². The average Bonchev–Trinajstić information content (AvgIpc) is 2.86. The standard InChI is InChI=1S/C24H24N4O5/c29-22(26-32)18-9-7-17(8-10-18)16-28-11-3-4-19(24(28)31)23(30)25-20-5-1-2-6-21(20)27-12-14-33-15-13-27/h1-11,32H,12-16H2,(H,25,30)(H,26,29). The van der Waals surface area contributed by atoms with Crippen molar-refractivity contribution >= 4 is 23.2 Å². The summed E-state index contributed by atoms with van der Waals surface area (Å²) < 4.78 is 6.84. The van der Waals surface area contributed by atoms with Crippen LogP contribution in [-0.4, -0.2) is 47.9 Å². The molecule has 9 heteroatoms. The third-order valence-corrected chi connectivity index (χ3v) is 5.44. The van der Waals surface area contributed by atoms with E-state index < -0.39 is 17.4 Å². The van der Waals surface area contributed by atoms with Crippen molar-refractivity contribution in [1.29, 1.82) is 0 Å². The molecule has 9 nitrogen and oxygen atoms in total. The molecule has 2 amide bonds. The van der Waals surface area contributed by atoms with E-state index in [0.29, 0.717) is 24.5 Å². The van der Waals surface area contributed by atoms with E-state index in [9.17, 15) is 14.4 Å². The number of morpholine rings is 1. The summed E-state index contributed by atoms with van der Waals surface area (Å²) in [7, 11) is 0. The third kappa shape index (κ3) is 5.11. The van der Waals surface area contributed by atoms with Gasteiger partial charge in [-0.2, -0.15) is 0 Å². The number of pyridine rings is 1. The minimum atomic E-state index is -0.616. The number of amides is 2. The number of nitrogens with zero attached hydrogens (tertiary/aromatic N) is 2. The highest BCUT2D eigenvalue weighted by Crippen LogP contribution is 2.26. The fraction of sp³-hybridized carbons (Fsp3) is 0.208. The van der Waals surface area contributed by atoms with Crippen molar-refractivity contribution in [2.75, 3.05) is 36.5 Å². The summed E-state index contributed by atoms with van der Waals surface area (Å²) in [5, 5.41) is 11.6. The molecule has 1 saturated heterocycles. The van der Waals surface area contributed by atoms with Gasteiger partial charge in [0.1, 0.15) is 5.56 Å². The van der Waals surface area contributed by atoms with Crippen molar-refractivity contribution in [3.8, 4) is 0 Å². The predicted octanol–water partition coefficient (Wildman–Crippen LogP) is 2.10. The monoisotopic (exact) mass is 448 g/mol. The van der Waals surface area contributed by atoms with Crippen LogP contribution in [0, 0.1) is 0 Å². The van der Waals surface area contributed by atoms with E-state index in [1.807, 2.05) is 24.3 Å². The zero-order chi connectivity index (χ0) is 23.2. The van der Waals surface area contributed by atoms with E-state index in [-0.39, 0.29) is 12.1 Å². The van der Waals surface area contributed by atoms with Crippen LogP contribution < -0.4 is 21.3 Å². The number of hydrogen-bond donors (Lipinski definition) is 3. The maximum Gasteiger partial charge on any atom is 0.274 e. The molecular formula is C24H24N4O5. The van der Waals surface area contributed by atoms with Crippen molar-refractivity contribution in [1.82, 2.24) is 10.0 Å². The van der Waals surface area contributed by atoms with E-state index in [0.717, 1.165) is 24.3 Å². The Balaban J connectivity index is 1.53. The van der Waals surface area contributed by atoms with Crippen LogP contribution in [0.15, 0.2) is 71.7 Å². The van der Waals surface area contributed by atoms with Gasteiger partial charge in [-0.05, 0) is 42.0 Å². The van der Waals surface area contributed by atoms with Gasteiger partial charge in [-0.3, -0.25) is 19.6 Å². The number of aromatic nitrogens is 1. The third-order valence-electron chi connectivity index (χ3n) is 5.44. The molecule has 33 heavy (non-hydrogen) atoms. The first-order valence-electron chi connectivity index (χ1n) is 10.5. The molecule has 0 saturated carbocycles. The highest BCUT2D eigenvalue weighted by atomic mass is 16.5. The van der Waals surface area contributed by atoms with Crippen molar-refractivity contribution in [2.45, 2.75) is 6.54 Å². The lowest BCUT2D eigenvalue weighted by atomic mass is 10.1. The zero-order valence-corrected chi connectivity index (χ0v) is 17.9. The van der Waals surface area contributed by atoms with E-state index in [4.69, 9.17) is 9.94 Å². The molecule has 0 unspecified atom stereocenters. The van der Waals surface area contributed by atoms with Gasteiger partial charge in [0, 0.05) is 24.8 Å². The summed E-state index contributed by atoms with van der Waals surface area (Å²) in [4.78, 5) is 39.6. The molecular weight excluding hydrogens is 424 g/mol. The first kappa shape index (κ1) is 22.3. The molecule has 2 aromatic carbocycles. The number of rotatable bonds is 6. The van der Waals surface area contributed by atoms with Crippen molar-refractivity contribution in [3.05, 3.63) is 93.9 Å². The minimum absolute atomic E-state index is 0.0329. The highest BCUT2D eigenvalue weighted by molar-refractivity contribution is 6.05. The lowest BCUT2D eigenvalue weighted by molar-refractivity contribution is 0.0706. The van der Waals surface area contributed by atoms with Crippen LogP contribution in [0.4, 0.5) is 11.4 Å². The van der Waals surface area contributed by atoms with Gasteiger partial charge in [-0.15, -0.1) is 0 Å².